The van der Waals surface area contributed by atoms with Crippen molar-refractivity contribution in [2.45, 2.75) is 39.4 Å². The normalized spacial score (nSPS) is 11.5. The summed E-state index contributed by atoms with van der Waals surface area (Å²) >= 11 is 0. The van der Waals surface area contributed by atoms with Gasteiger partial charge in [-0.2, -0.15) is 0 Å². The lowest BCUT2D eigenvalue weighted by Gasteiger charge is -2.31. The minimum Gasteiger partial charge on any atom is -0.350 e. The zero-order chi connectivity index (χ0) is 21.3. The molecule has 3 rings (SSSR count). The Kier molecular flexibility index (Phi) is 7.39. The molecule has 2 amide bonds. The number of nitrogens with zero attached hydrogens (tertiary/aromatic N) is 1. The van der Waals surface area contributed by atoms with Gasteiger partial charge in [-0.15, -0.1) is 0 Å². The number of hydrogen-bond donors (Lipinski definition) is 1. The molecule has 0 unspecified atom stereocenters. The minimum atomic E-state index is -0.690. The summed E-state index contributed by atoms with van der Waals surface area (Å²) in [4.78, 5) is 27.9. The molecular formula is C26H28N2O2. The maximum absolute atomic E-state index is 13.3. The van der Waals surface area contributed by atoms with Crippen LogP contribution in [0.4, 0.5) is 0 Å². The van der Waals surface area contributed by atoms with E-state index in [-0.39, 0.29) is 11.8 Å². The van der Waals surface area contributed by atoms with Crippen LogP contribution in [0.3, 0.4) is 0 Å². The standard InChI is InChI=1S/C26H28N2O2/c1-3-24(29)28(19-22-10-6-4-7-11-22)25(23-12-8-5-9-13-23)26(30)27-18-21-16-14-20(2)15-17-21/h4-17,25H,3,18-19H2,1-2H3,(H,27,30)/t25-/m0/s1. The van der Waals surface area contributed by atoms with E-state index in [1.165, 1.54) is 5.56 Å². The molecule has 154 valence electrons. The summed E-state index contributed by atoms with van der Waals surface area (Å²) < 4.78 is 0. The van der Waals surface area contributed by atoms with Crippen molar-refractivity contribution in [3.8, 4) is 0 Å². The molecule has 0 bridgehead atoms. The Morgan fingerprint density at radius 3 is 2.03 bits per heavy atom. The molecule has 0 heterocycles. The Morgan fingerprint density at radius 2 is 1.43 bits per heavy atom. The van der Waals surface area contributed by atoms with Crippen LogP contribution in [0.15, 0.2) is 84.9 Å². The second-order valence-electron chi connectivity index (χ2n) is 7.38. The van der Waals surface area contributed by atoms with Crippen LogP contribution >= 0.6 is 0 Å². The zero-order valence-electron chi connectivity index (χ0n) is 17.5. The van der Waals surface area contributed by atoms with Gasteiger partial charge in [0.05, 0.1) is 0 Å². The lowest BCUT2D eigenvalue weighted by Crippen LogP contribution is -2.43. The molecule has 0 saturated carbocycles. The molecule has 1 atom stereocenters. The number of carbonyl (C=O) groups excluding carboxylic acids is 2. The third kappa shape index (κ3) is 5.57. The molecule has 0 aliphatic rings. The summed E-state index contributed by atoms with van der Waals surface area (Å²) in [6.45, 7) is 4.66. The quantitative estimate of drug-likeness (QED) is 0.591. The number of carbonyl (C=O) groups is 2. The van der Waals surface area contributed by atoms with Gasteiger partial charge in [0.2, 0.25) is 11.8 Å². The van der Waals surface area contributed by atoms with E-state index in [0.29, 0.717) is 19.5 Å². The first-order chi connectivity index (χ1) is 14.6. The average molecular weight is 401 g/mol. The Bertz CT molecular complexity index is 953. The third-order valence-corrected chi connectivity index (χ3v) is 5.08. The van der Waals surface area contributed by atoms with E-state index in [4.69, 9.17) is 0 Å². The molecule has 3 aromatic carbocycles. The van der Waals surface area contributed by atoms with Gasteiger partial charge in [0.1, 0.15) is 6.04 Å². The van der Waals surface area contributed by atoms with Crippen molar-refractivity contribution in [3.63, 3.8) is 0 Å². The summed E-state index contributed by atoms with van der Waals surface area (Å²) in [5.41, 5.74) is 4.00. The van der Waals surface area contributed by atoms with Gasteiger partial charge in [0, 0.05) is 19.5 Å². The number of rotatable bonds is 8. The molecule has 1 N–H and O–H groups in total. The molecule has 0 aromatic heterocycles. The molecule has 0 radical (unpaired) electrons. The van der Waals surface area contributed by atoms with Crippen molar-refractivity contribution in [1.29, 1.82) is 0 Å². The summed E-state index contributed by atoms with van der Waals surface area (Å²) in [6.07, 6.45) is 0.335. The highest BCUT2D eigenvalue weighted by atomic mass is 16.2. The van der Waals surface area contributed by atoms with Gasteiger partial charge in [0.15, 0.2) is 0 Å². The largest absolute Gasteiger partial charge is 0.350 e. The van der Waals surface area contributed by atoms with Crippen molar-refractivity contribution < 1.29 is 9.59 Å². The first-order valence-electron chi connectivity index (χ1n) is 10.3. The number of amides is 2. The van der Waals surface area contributed by atoms with Gasteiger partial charge in [-0.3, -0.25) is 9.59 Å². The second-order valence-corrected chi connectivity index (χ2v) is 7.38. The molecule has 30 heavy (non-hydrogen) atoms. The highest BCUT2D eigenvalue weighted by Crippen LogP contribution is 2.24. The van der Waals surface area contributed by atoms with Crippen LogP contribution in [-0.2, 0) is 22.7 Å². The van der Waals surface area contributed by atoms with Crippen LogP contribution in [-0.4, -0.2) is 16.7 Å². The monoisotopic (exact) mass is 400 g/mol. The average Bonchev–Trinajstić information content (AvgIpc) is 2.79. The SMILES string of the molecule is CCC(=O)N(Cc1ccccc1)[C@H](C(=O)NCc1ccc(C)cc1)c1ccccc1. The van der Waals surface area contributed by atoms with Gasteiger partial charge in [0.25, 0.3) is 0 Å². The third-order valence-electron chi connectivity index (χ3n) is 5.08. The second kappa shape index (κ2) is 10.4. The van der Waals surface area contributed by atoms with Gasteiger partial charge < -0.3 is 10.2 Å². The van der Waals surface area contributed by atoms with Crippen molar-refractivity contribution in [3.05, 3.63) is 107 Å². The first-order valence-corrected chi connectivity index (χ1v) is 10.3. The fourth-order valence-electron chi connectivity index (χ4n) is 3.41. The van der Waals surface area contributed by atoms with Gasteiger partial charge in [-0.1, -0.05) is 97.4 Å². The van der Waals surface area contributed by atoms with Gasteiger partial charge >= 0.3 is 0 Å². The van der Waals surface area contributed by atoms with Crippen LogP contribution < -0.4 is 5.32 Å². The lowest BCUT2D eigenvalue weighted by atomic mass is 10.0. The molecule has 0 saturated heterocycles. The number of benzene rings is 3. The highest BCUT2D eigenvalue weighted by molar-refractivity contribution is 5.88. The van der Waals surface area contributed by atoms with E-state index in [0.717, 1.165) is 16.7 Å². The summed E-state index contributed by atoms with van der Waals surface area (Å²) in [5, 5.41) is 3.03. The predicted molar refractivity (Wildman–Crippen MR) is 119 cm³/mol. The summed E-state index contributed by atoms with van der Waals surface area (Å²) in [6, 6.07) is 26.7. The summed E-state index contributed by atoms with van der Waals surface area (Å²) in [5.74, 6) is -0.238. The molecule has 4 nitrogen and oxygen atoms in total. The Balaban J connectivity index is 1.88. The van der Waals surface area contributed by atoms with Crippen molar-refractivity contribution in [1.82, 2.24) is 10.2 Å². The smallest absolute Gasteiger partial charge is 0.247 e. The van der Waals surface area contributed by atoms with E-state index in [2.05, 4.69) is 5.32 Å². The highest BCUT2D eigenvalue weighted by Gasteiger charge is 2.30. The molecule has 0 aliphatic carbocycles. The van der Waals surface area contributed by atoms with Crippen molar-refractivity contribution >= 4 is 11.8 Å². The van der Waals surface area contributed by atoms with Crippen LogP contribution in [0.25, 0.3) is 0 Å². The zero-order valence-corrected chi connectivity index (χ0v) is 17.5. The summed E-state index contributed by atoms with van der Waals surface area (Å²) in [7, 11) is 0. The van der Waals surface area contributed by atoms with Gasteiger partial charge in [-0.25, -0.2) is 0 Å². The predicted octanol–water partition coefficient (Wildman–Crippen LogP) is 4.79. The van der Waals surface area contributed by atoms with E-state index in [1.54, 1.807) is 4.90 Å². The first kappa shape index (κ1) is 21.3. The Hall–Kier alpha value is -3.40. The molecule has 0 fully saturated rings. The fraction of sp³-hybridized carbons (Fsp3) is 0.231. The van der Waals surface area contributed by atoms with Crippen LogP contribution in [0, 0.1) is 6.92 Å². The van der Waals surface area contributed by atoms with E-state index >= 15 is 0 Å². The fourth-order valence-corrected chi connectivity index (χ4v) is 3.41. The Labute approximate surface area is 178 Å². The Morgan fingerprint density at radius 1 is 0.833 bits per heavy atom. The molecule has 0 spiro atoms. The molecular weight excluding hydrogens is 372 g/mol. The minimum absolute atomic E-state index is 0.0572. The van der Waals surface area contributed by atoms with Crippen LogP contribution in [0.2, 0.25) is 0 Å². The number of hydrogen-bond acceptors (Lipinski definition) is 2. The van der Waals surface area contributed by atoms with E-state index in [9.17, 15) is 9.59 Å². The van der Waals surface area contributed by atoms with Crippen molar-refractivity contribution in [2.75, 3.05) is 0 Å². The topological polar surface area (TPSA) is 49.4 Å². The van der Waals surface area contributed by atoms with E-state index in [1.807, 2.05) is 98.8 Å². The van der Waals surface area contributed by atoms with Crippen LogP contribution in [0.1, 0.15) is 41.6 Å². The number of nitrogens with one attached hydrogen (secondary N) is 1. The van der Waals surface area contributed by atoms with Crippen LogP contribution in [0.5, 0.6) is 0 Å². The maximum Gasteiger partial charge on any atom is 0.247 e. The molecule has 3 aromatic rings. The van der Waals surface area contributed by atoms with Crippen molar-refractivity contribution in [2.24, 2.45) is 0 Å². The van der Waals surface area contributed by atoms with E-state index < -0.39 is 6.04 Å². The molecule has 0 aliphatic heterocycles. The molecule has 4 heteroatoms. The maximum atomic E-state index is 13.3. The lowest BCUT2D eigenvalue weighted by molar-refractivity contribution is -0.141. The number of aryl methyl sites for hydroxylation is 1. The van der Waals surface area contributed by atoms with Gasteiger partial charge in [-0.05, 0) is 23.6 Å².